The normalized spacial score (nSPS) is 15.4. The zero-order chi connectivity index (χ0) is 23.9. The first kappa shape index (κ1) is 22.0. The van der Waals surface area contributed by atoms with E-state index in [2.05, 4.69) is 10.6 Å². The van der Waals surface area contributed by atoms with E-state index in [-0.39, 0.29) is 57.8 Å². The summed E-state index contributed by atoms with van der Waals surface area (Å²) < 4.78 is 23.7. The highest BCUT2D eigenvalue weighted by molar-refractivity contribution is 5.97. The van der Waals surface area contributed by atoms with Crippen LogP contribution in [0.2, 0.25) is 0 Å². The van der Waals surface area contributed by atoms with Crippen molar-refractivity contribution < 1.29 is 26.6 Å². The van der Waals surface area contributed by atoms with Gasteiger partial charge in [-0.1, -0.05) is 31.4 Å². The number of benzene rings is 1. The molecular formula is C24H36N2O5. The van der Waals surface area contributed by atoms with Gasteiger partial charge in [0.15, 0.2) is 0 Å². The zero-order valence-corrected chi connectivity index (χ0v) is 18.2. The lowest BCUT2D eigenvalue weighted by Crippen LogP contribution is -2.47. The molecule has 0 spiro atoms. The number of ether oxygens (including phenoxy) is 2. The third kappa shape index (κ3) is 9.19. The highest BCUT2D eigenvalue weighted by Crippen LogP contribution is 2.29. The molecule has 0 aliphatic heterocycles. The van der Waals surface area contributed by atoms with E-state index in [0.717, 1.165) is 12.3 Å². The summed E-state index contributed by atoms with van der Waals surface area (Å²) in [5, 5.41) is 5.45. The number of carbonyl (C=O) groups excluding carboxylic acids is 3. The van der Waals surface area contributed by atoms with E-state index < -0.39 is 6.04 Å². The molecule has 2 N–H and O–H groups in total. The van der Waals surface area contributed by atoms with E-state index in [1.54, 1.807) is 12.1 Å². The first-order valence-corrected chi connectivity index (χ1v) is 11.0. The second-order valence-corrected chi connectivity index (χ2v) is 8.01. The van der Waals surface area contributed by atoms with Crippen molar-refractivity contribution in [2.45, 2.75) is 57.4 Å². The minimum absolute atomic E-state index is 0.0199. The molecule has 1 aromatic carbocycles. The van der Waals surface area contributed by atoms with Gasteiger partial charge in [0.2, 0.25) is 5.91 Å². The quantitative estimate of drug-likeness (QED) is 0.414. The molecule has 31 heavy (non-hydrogen) atoms. The topological polar surface area (TPSA) is 93.7 Å². The molecule has 1 saturated carbocycles. The van der Waals surface area contributed by atoms with E-state index in [4.69, 9.17) is 12.2 Å². The molecule has 0 radical (unpaired) electrons. The molecule has 0 aromatic heterocycles. The fourth-order valence-corrected chi connectivity index (χ4v) is 3.50. The van der Waals surface area contributed by atoms with Crippen LogP contribution in [0.4, 0.5) is 0 Å². The maximum atomic E-state index is 12.8. The van der Waals surface area contributed by atoms with Gasteiger partial charge in [-0.15, -0.1) is 0 Å². The summed E-state index contributed by atoms with van der Waals surface area (Å²) >= 11 is 0. The average Bonchev–Trinajstić information content (AvgIpc) is 2.79. The minimum atomic E-state index is -0.850. The number of Topliss-reactive ketones (excluding diaryl/α,β-unsaturated/α-hetero) is 1. The molecule has 1 aliphatic rings. The van der Waals surface area contributed by atoms with Crippen LogP contribution in [0, 0.1) is 5.92 Å². The lowest BCUT2D eigenvalue weighted by atomic mass is 9.81. The molecule has 0 heterocycles. The summed E-state index contributed by atoms with van der Waals surface area (Å²) in [6, 6.07) is 6.62. The number of methoxy groups -OCH3 is 2. The van der Waals surface area contributed by atoms with Gasteiger partial charge in [-0.05, 0) is 42.9 Å². The second-order valence-electron chi connectivity index (χ2n) is 8.01. The third-order valence-corrected chi connectivity index (χ3v) is 5.59. The van der Waals surface area contributed by atoms with E-state index >= 15 is 0 Å². The minimum Gasteiger partial charge on any atom is -0.385 e. The van der Waals surface area contributed by atoms with Gasteiger partial charge in [-0.3, -0.25) is 14.4 Å². The van der Waals surface area contributed by atoms with Crippen molar-refractivity contribution in [1.29, 1.82) is 0 Å². The molecule has 2 amide bonds. The molecule has 0 saturated heterocycles. The van der Waals surface area contributed by atoms with Crippen molar-refractivity contribution in [2.24, 2.45) is 5.92 Å². The first-order valence-electron chi connectivity index (χ1n) is 12.4. The molecule has 0 unspecified atom stereocenters. The van der Waals surface area contributed by atoms with Gasteiger partial charge in [0.1, 0.15) is 11.8 Å². The SMILES string of the molecule is [2H]COCCCC(=O)CC[C@H](NC(=O)c1ccc(CC2CCC2)cc1)C(=O)NCCOC[2H]. The van der Waals surface area contributed by atoms with Crippen molar-refractivity contribution in [2.75, 3.05) is 33.9 Å². The predicted molar refractivity (Wildman–Crippen MR) is 119 cm³/mol. The number of nitrogens with one attached hydrogen (secondary N) is 2. The highest BCUT2D eigenvalue weighted by Gasteiger charge is 2.22. The van der Waals surface area contributed by atoms with Crippen LogP contribution in [0.3, 0.4) is 0 Å². The Morgan fingerprint density at radius 3 is 2.52 bits per heavy atom. The summed E-state index contributed by atoms with van der Waals surface area (Å²) in [5.41, 5.74) is 1.68. The average molecular weight is 435 g/mol. The molecule has 7 heteroatoms. The van der Waals surface area contributed by atoms with Crippen LogP contribution in [0.1, 0.15) is 63.6 Å². The van der Waals surface area contributed by atoms with Gasteiger partial charge in [0, 0.05) is 45.7 Å². The maximum absolute atomic E-state index is 12.8. The summed E-state index contributed by atoms with van der Waals surface area (Å²) in [5.74, 6) is -0.0192. The first-order chi connectivity index (χ1) is 16.0. The molecule has 1 aliphatic carbocycles. The molecule has 1 aromatic rings. The number of ketones is 1. The van der Waals surface area contributed by atoms with Crippen molar-refractivity contribution in [1.82, 2.24) is 10.6 Å². The Morgan fingerprint density at radius 2 is 1.84 bits per heavy atom. The van der Waals surface area contributed by atoms with Crippen LogP contribution < -0.4 is 10.6 Å². The largest absolute Gasteiger partial charge is 0.385 e. The Labute approximate surface area is 188 Å². The van der Waals surface area contributed by atoms with Gasteiger partial charge in [0.05, 0.1) is 9.35 Å². The smallest absolute Gasteiger partial charge is 0.251 e. The van der Waals surface area contributed by atoms with Crippen molar-refractivity contribution in [3.8, 4) is 0 Å². The summed E-state index contributed by atoms with van der Waals surface area (Å²) in [4.78, 5) is 37.5. The molecule has 7 nitrogen and oxygen atoms in total. The fourth-order valence-electron chi connectivity index (χ4n) is 3.50. The second kappa shape index (κ2) is 13.9. The third-order valence-electron chi connectivity index (χ3n) is 5.59. The Kier molecular flexibility index (Phi) is 9.87. The molecule has 1 fully saturated rings. The van der Waals surface area contributed by atoms with Crippen LogP contribution in [0.5, 0.6) is 0 Å². The highest BCUT2D eigenvalue weighted by atomic mass is 16.5. The number of rotatable bonds is 15. The summed E-state index contributed by atoms with van der Waals surface area (Å²) in [6.45, 7) is 0.772. The van der Waals surface area contributed by atoms with Crippen LogP contribution >= 0.6 is 0 Å². The molecule has 0 bridgehead atoms. The van der Waals surface area contributed by atoms with Crippen LogP contribution in [-0.2, 0) is 25.5 Å². The summed E-state index contributed by atoms with van der Waals surface area (Å²) in [7, 11) is -0.320. The van der Waals surface area contributed by atoms with Gasteiger partial charge in [0.25, 0.3) is 5.91 Å². The van der Waals surface area contributed by atoms with Gasteiger partial charge >= 0.3 is 0 Å². The zero-order valence-electron chi connectivity index (χ0n) is 20.2. The summed E-state index contributed by atoms with van der Waals surface area (Å²) in [6.07, 6.45) is 6.04. The Morgan fingerprint density at radius 1 is 1.10 bits per heavy atom. The van der Waals surface area contributed by atoms with Gasteiger partial charge in [-0.25, -0.2) is 0 Å². The van der Waals surface area contributed by atoms with Crippen molar-refractivity contribution in [3.63, 3.8) is 0 Å². The van der Waals surface area contributed by atoms with E-state index in [0.29, 0.717) is 25.0 Å². The maximum Gasteiger partial charge on any atom is 0.251 e. The van der Waals surface area contributed by atoms with Crippen LogP contribution in [0.15, 0.2) is 24.3 Å². The molecule has 172 valence electrons. The standard InChI is InChI=1S/C24H36N2O5/c1-30-15-4-7-21(27)12-13-22(24(29)25-14-16-31-2)26-23(28)20-10-8-19(9-11-20)17-18-5-3-6-18/h8-11,18,22H,3-7,12-17H2,1-2H3,(H,25,29)(H,26,28)/t22-/m0/s1/i1D,2D. The lowest BCUT2D eigenvalue weighted by molar-refractivity contribution is -0.123. The van der Waals surface area contributed by atoms with E-state index in [1.165, 1.54) is 24.8 Å². The Balaban J connectivity index is 1.89. The Hall–Kier alpha value is -2.25. The number of amides is 2. The van der Waals surface area contributed by atoms with Crippen LogP contribution in [-0.4, -0.2) is 57.6 Å². The van der Waals surface area contributed by atoms with Crippen LogP contribution in [0.25, 0.3) is 0 Å². The monoisotopic (exact) mass is 434 g/mol. The number of carbonyl (C=O) groups is 3. The Bertz CT molecular complexity index is 741. The van der Waals surface area contributed by atoms with E-state index in [9.17, 15) is 14.4 Å². The molecular weight excluding hydrogens is 396 g/mol. The number of hydrogen-bond acceptors (Lipinski definition) is 5. The van der Waals surface area contributed by atoms with Gasteiger partial charge < -0.3 is 20.1 Å². The van der Waals surface area contributed by atoms with Gasteiger partial charge in [-0.2, -0.15) is 0 Å². The van der Waals surface area contributed by atoms with Crippen molar-refractivity contribution in [3.05, 3.63) is 35.4 Å². The predicted octanol–water partition coefficient (Wildman–Crippen LogP) is 2.67. The molecule has 1 atom stereocenters. The lowest BCUT2D eigenvalue weighted by Gasteiger charge is -2.25. The molecule has 2 rings (SSSR count). The van der Waals surface area contributed by atoms with Crippen molar-refractivity contribution >= 4 is 17.6 Å². The number of hydrogen-bond donors (Lipinski definition) is 2. The van der Waals surface area contributed by atoms with E-state index in [1.807, 2.05) is 12.1 Å². The fraction of sp³-hybridized carbons (Fsp3) is 0.625.